The molecule has 0 aliphatic rings. The second-order valence-electron chi connectivity index (χ2n) is 3.97. The highest BCUT2D eigenvalue weighted by molar-refractivity contribution is 9.10. The maximum absolute atomic E-state index is 12.3. The Balaban J connectivity index is 2.29. The number of amides is 1. The molecule has 4 heteroatoms. The van der Waals surface area contributed by atoms with Gasteiger partial charge in [-0.3, -0.25) is 4.79 Å². The largest absolute Gasteiger partial charge is 0.399 e. The van der Waals surface area contributed by atoms with Crippen LogP contribution in [-0.2, 0) is 0 Å². The molecule has 0 atom stereocenters. The Bertz CT molecular complexity index is 584. The van der Waals surface area contributed by atoms with Crippen molar-refractivity contribution in [1.29, 1.82) is 0 Å². The van der Waals surface area contributed by atoms with E-state index in [1.165, 1.54) is 0 Å². The van der Waals surface area contributed by atoms with E-state index in [1.807, 2.05) is 24.3 Å². The number of hydrogen-bond donors (Lipinski definition) is 1. The summed E-state index contributed by atoms with van der Waals surface area (Å²) in [6.45, 7) is 0. The molecule has 0 spiro atoms. The first-order valence-corrected chi connectivity index (χ1v) is 6.26. The summed E-state index contributed by atoms with van der Waals surface area (Å²) in [5.74, 6) is -0.0830. The van der Waals surface area contributed by atoms with Gasteiger partial charge < -0.3 is 10.6 Å². The van der Waals surface area contributed by atoms with Crippen LogP contribution < -0.4 is 10.6 Å². The van der Waals surface area contributed by atoms with E-state index in [0.29, 0.717) is 11.3 Å². The summed E-state index contributed by atoms with van der Waals surface area (Å²) >= 11 is 3.39. The second-order valence-corrected chi connectivity index (χ2v) is 4.89. The van der Waals surface area contributed by atoms with Gasteiger partial charge in [0.25, 0.3) is 5.91 Å². The van der Waals surface area contributed by atoms with Gasteiger partial charge in [-0.25, -0.2) is 0 Å². The number of hydrogen-bond acceptors (Lipinski definition) is 2. The number of benzene rings is 2. The molecule has 0 saturated carbocycles. The van der Waals surface area contributed by atoms with Gasteiger partial charge in [0.2, 0.25) is 0 Å². The Kier molecular flexibility index (Phi) is 3.67. The predicted octanol–water partition coefficient (Wildman–Crippen LogP) is 3.31. The van der Waals surface area contributed by atoms with Crippen LogP contribution in [0.15, 0.2) is 53.0 Å². The number of anilines is 2. The lowest BCUT2D eigenvalue weighted by atomic mass is 10.1. The van der Waals surface area contributed by atoms with E-state index in [1.54, 1.807) is 36.2 Å². The van der Waals surface area contributed by atoms with E-state index in [9.17, 15) is 4.79 Å². The summed E-state index contributed by atoms with van der Waals surface area (Å²) in [4.78, 5) is 13.9. The molecule has 0 fully saturated rings. The van der Waals surface area contributed by atoms with Crippen LogP contribution in [0.2, 0.25) is 0 Å². The third kappa shape index (κ3) is 2.71. The number of nitrogen functional groups attached to an aromatic ring is 1. The van der Waals surface area contributed by atoms with Crippen molar-refractivity contribution < 1.29 is 4.79 Å². The van der Waals surface area contributed by atoms with Crippen LogP contribution in [0.5, 0.6) is 0 Å². The van der Waals surface area contributed by atoms with Crippen molar-refractivity contribution in [3.05, 3.63) is 58.6 Å². The highest BCUT2D eigenvalue weighted by Crippen LogP contribution is 2.20. The molecule has 0 bridgehead atoms. The molecule has 18 heavy (non-hydrogen) atoms. The highest BCUT2D eigenvalue weighted by atomic mass is 79.9. The smallest absolute Gasteiger partial charge is 0.258 e. The summed E-state index contributed by atoms with van der Waals surface area (Å²) < 4.78 is 0.937. The third-order valence-electron chi connectivity index (χ3n) is 2.63. The number of nitrogens with two attached hydrogens (primary N) is 1. The van der Waals surface area contributed by atoms with Gasteiger partial charge in [0.05, 0.1) is 0 Å². The fraction of sp³-hybridized carbons (Fsp3) is 0.0714. The van der Waals surface area contributed by atoms with Crippen LogP contribution in [0, 0.1) is 0 Å². The van der Waals surface area contributed by atoms with E-state index < -0.39 is 0 Å². The SMILES string of the molecule is CN(C(=O)c1cccc(N)c1)c1cccc(Br)c1. The van der Waals surface area contributed by atoms with Crippen LogP contribution in [0.25, 0.3) is 0 Å². The monoisotopic (exact) mass is 304 g/mol. The number of nitrogens with zero attached hydrogens (tertiary/aromatic N) is 1. The summed E-state index contributed by atoms with van der Waals surface area (Å²) in [7, 11) is 1.74. The lowest BCUT2D eigenvalue weighted by Gasteiger charge is -2.17. The molecule has 2 N–H and O–H groups in total. The summed E-state index contributed by atoms with van der Waals surface area (Å²) in [5.41, 5.74) is 7.68. The Morgan fingerprint density at radius 2 is 1.89 bits per heavy atom. The van der Waals surface area contributed by atoms with Gasteiger partial charge in [-0.2, -0.15) is 0 Å². The quantitative estimate of drug-likeness (QED) is 0.865. The van der Waals surface area contributed by atoms with Crippen molar-refractivity contribution in [3.8, 4) is 0 Å². The first-order chi connectivity index (χ1) is 8.58. The van der Waals surface area contributed by atoms with Crippen molar-refractivity contribution in [3.63, 3.8) is 0 Å². The van der Waals surface area contributed by atoms with Crippen LogP contribution in [0.4, 0.5) is 11.4 Å². The lowest BCUT2D eigenvalue weighted by Crippen LogP contribution is -2.26. The van der Waals surface area contributed by atoms with Gasteiger partial charge in [-0.15, -0.1) is 0 Å². The van der Waals surface area contributed by atoms with Gasteiger partial charge >= 0.3 is 0 Å². The van der Waals surface area contributed by atoms with Gasteiger partial charge in [-0.1, -0.05) is 28.1 Å². The lowest BCUT2D eigenvalue weighted by molar-refractivity contribution is 0.0993. The van der Waals surface area contributed by atoms with Crippen LogP contribution in [0.1, 0.15) is 10.4 Å². The molecule has 0 heterocycles. The Morgan fingerprint density at radius 1 is 1.17 bits per heavy atom. The molecular weight excluding hydrogens is 292 g/mol. The summed E-state index contributed by atoms with van der Waals surface area (Å²) in [6.07, 6.45) is 0. The molecule has 0 saturated heterocycles. The first-order valence-electron chi connectivity index (χ1n) is 5.47. The first kappa shape index (κ1) is 12.6. The molecule has 0 aliphatic heterocycles. The molecule has 92 valence electrons. The van der Waals surface area contributed by atoms with E-state index >= 15 is 0 Å². The van der Waals surface area contributed by atoms with Gasteiger partial charge in [0.15, 0.2) is 0 Å². The average Bonchev–Trinajstić information content (AvgIpc) is 2.37. The molecule has 0 aromatic heterocycles. The molecule has 0 radical (unpaired) electrons. The van der Waals surface area contributed by atoms with Gasteiger partial charge in [-0.05, 0) is 36.4 Å². The fourth-order valence-electron chi connectivity index (χ4n) is 1.67. The second kappa shape index (κ2) is 5.23. The maximum atomic E-state index is 12.3. The third-order valence-corrected chi connectivity index (χ3v) is 3.13. The van der Waals surface area contributed by atoms with E-state index in [2.05, 4.69) is 15.9 Å². The number of rotatable bonds is 2. The normalized spacial score (nSPS) is 10.1. The number of carbonyl (C=O) groups excluding carboxylic acids is 1. The number of halogens is 1. The Hall–Kier alpha value is -1.81. The van der Waals surface area contributed by atoms with Gasteiger partial charge in [0.1, 0.15) is 0 Å². The molecule has 2 aromatic carbocycles. The Labute approximate surface area is 114 Å². The zero-order valence-electron chi connectivity index (χ0n) is 9.93. The zero-order valence-corrected chi connectivity index (χ0v) is 11.5. The molecule has 2 aromatic rings. The van der Waals surface area contributed by atoms with Crippen LogP contribution in [-0.4, -0.2) is 13.0 Å². The summed E-state index contributed by atoms with van der Waals surface area (Å²) in [5, 5.41) is 0. The molecule has 0 aliphatic carbocycles. The zero-order chi connectivity index (χ0) is 13.1. The van der Waals surface area contributed by atoms with E-state index in [4.69, 9.17) is 5.73 Å². The molecule has 0 unspecified atom stereocenters. The molecule has 1 amide bonds. The molecule has 2 rings (SSSR count). The minimum atomic E-state index is -0.0830. The van der Waals surface area contributed by atoms with E-state index in [0.717, 1.165) is 10.2 Å². The van der Waals surface area contributed by atoms with Crippen molar-refractivity contribution in [2.75, 3.05) is 17.7 Å². The molecule has 3 nitrogen and oxygen atoms in total. The number of carbonyl (C=O) groups is 1. The minimum absolute atomic E-state index is 0.0830. The standard InChI is InChI=1S/C14H13BrN2O/c1-17(13-7-3-5-11(15)9-13)14(18)10-4-2-6-12(16)8-10/h2-9H,16H2,1H3. The highest BCUT2D eigenvalue weighted by Gasteiger charge is 2.13. The minimum Gasteiger partial charge on any atom is -0.399 e. The average molecular weight is 305 g/mol. The van der Waals surface area contributed by atoms with Crippen molar-refractivity contribution in [2.24, 2.45) is 0 Å². The predicted molar refractivity (Wildman–Crippen MR) is 77.7 cm³/mol. The van der Waals surface area contributed by atoms with Gasteiger partial charge in [0, 0.05) is 28.5 Å². The van der Waals surface area contributed by atoms with E-state index in [-0.39, 0.29) is 5.91 Å². The Morgan fingerprint density at radius 3 is 2.56 bits per heavy atom. The van der Waals surface area contributed by atoms with Crippen LogP contribution in [0.3, 0.4) is 0 Å². The summed E-state index contributed by atoms with van der Waals surface area (Å²) in [6, 6.07) is 14.6. The topological polar surface area (TPSA) is 46.3 Å². The van der Waals surface area contributed by atoms with Crippen LogP contribution >= 0.6 is 15.9 Å². The maximum Gasteiger partial charge on any atom is 0.258 e. The fourth-order valence-corrected chi connectivity index (χ4v) is 2.05. The molecular formula is C14H13BrN2O. The van der Waals surface area contributed by atoms with Crippen molar-refractivity contribution in [1.82, 2.24) is 0 Å². The van der Waals surface area contributed by atoms with Crippen molar-refractivity contribution in [2.45, 2.75) is 0 Å². The van der Waals surface area contributed by atoms with Crippen molar-refractivity contribution >= 4 is 33.2 Å².